The van der Waals surface area contributed by atoms with Gasteiger partial charge in [-0.25, -0.2) is 9.69 Å². The van der Waals surface area contributed by atoms with Crippen molar-refractivity contribution >= 4 is 23.8 Å². The molecule has 1 aliphatic heterocycles. The van der Waals surface area contributed by atoms with E-state index in [1.807, 2.05) is 30.3 Å². The van der Waals surface area contributed by atoms with Gasteiger partial charge in [0.05, 0.1) is 0 Å². The van der Waals surface area contributed by atoms with Gasteiger partial charge in [0.2, 0.25) is 5.91 Å². The number of benzene rings is 1. The summed E-state index contributed by atoms with van der Waals surface area (Å²) in [6, 6.07) is 8.58. The molecule has 0 saturated carbocycles. The Morgan fingerprint density at radius 1 is 1.12 bits per heavy atom. The lowest BCUT2D eigenvalue weighted by Crippen LogP contribution is -2.43. The van der Waals surface area contributed by atoms with Crippen LogP contribution in [0.4, 0.5) is 4.79 Å². The number of imide groups is 2. The molecule has 0 unspecified atom stereocenters. The lowest BCUT2D eigenvalue weighted by Gasteiger charge is -2.24. The van der Waals surface area contributed by atoms with Crippen molar-refractivity contribution in [3.05, 3.63) is 35.9 Å². The van der Waals surface area contributed by atoms with E-state index in [9.17, 15) is 19.2 Å². The molecule has 0 aromatic heterocycles. The number of urea groups is 1. The molecule has 2 rings (SSSR count). The molecule has 0 atom stereocenters. The summed E-state index contributed by atoms with van der Waals surface area (Å²) in [5, 5.41) is 0. The van der Waals surface area contributed by atoms with Gasteiger partial charge < -0.3 is 10.6 Å². The van der Waals surface area contributed by atoms with Crippen LogP contribution in [0.5, 0.6) is 0 Å². The van der Waals surface area contributed by atoms with Crippen molar-refractivity contribution < 1.29 is 19.2 Å². The highest BCUT2D eigenvalue weighted by Gasteiger charge is 2.43. The maximum atomic E-state index is 12.5. The van der Waals surface area contributed by atoms with Gasteiger partial charge in [-0.05, 0) is 18.5 Å². The number of carbonyl (C=O) groups excluding carboxylic acids is 4. The van der Waals surface area contributed by atoms with Gasteiger partial charge in [-0.2, -0.15) is 0 Å². The molecule has 1 aromatic carbocycles. The van der Waals surface area contributed by atoms with Crippen LogP contribution in [0.2, 0.25) is 0 Å². The minimum Gasteiger partial charge on any atom is -0.337 e. The maximum absolute atomic E-state index is 12.5. The number of rotatable bonds is 7. The largest absolute Gasteiger partial charge is 0.337 e. The average molecular weight is 332 g/mol. The lowest BCUT2D eigenvalue weighted by molar-refractivity contribution is -0.144. The lowest BCUT2D eigenvalue weighted by atomic mass is 10.2. The van der Waals surface area contributed by atoms with Crippen LogP contribution in [0.15, 0.2) is 30.3 Å². The van der Waals surface area contributed by atoms with E-state index in [4.69, 9.17) is 5.73 Å². The Morgan fingerprint density at radius 3 is 2.33 bits per heavy atom. The predicted molar refractivity (Wildman–Crippen MR) is 85.4 cm³/mol. The topological polar surface area (TPSA) is 104 Å². The van der Waals surface area contributed by atoms with Crippen LogP contribution in [0, 0.1) is 0 Å². The summed E-state index contributed by atoms with van der Waals surface area (Å²) in [6.45, 7) is 0.719. The molecule has 1 fully saturated rings. The first-order valence-corrected chi connectivity index (χ1v) is 7.61. The second-order valence-electron chi connectivity index (χ2n) is 5.48. The van der Waals surface area contributed by atoms with Crippen molar-refractivity contribution in [3.63, 3.8) is 0 Å². The third-order valence-corrected chi connectivity index (χ3v) is 3.75. The number of nitrogens with two attached hydrogens (primary N) is 1. The van der Waals surface area contributed by atoms with Gasteiger partial charge >= 0.3 is 17.8 Å². The zero-order valence-electron chi connectivity index (χ0n) is 13.5. The van der Waals surface area contributed by atoms with E-state index < -0.39 is 30.3 Å². The molecule has 1 saturated heterocycles. The van der Waals surface area contributed by atoms with Gasteiger partial charge in [0.25, 0.3) is 0 Å². The van der Waals surface area contributed by atoms with E-state index in [-0.39, 0.29) is 0 Å². The Morgan fingerprint density at radius 2 is 1.79 bits per heavy atom. The van der Waals surface area contributed by atoms with Crippen LogP contribution in [0.3, 0.4) is 0 Å². The van der Waals surface area contributed by atoms with Crippen LogP contribution in [0.1, 0.15) is 12.0 Å². The fraction of sp³-hybridized carbons (Fsp3) is 0.375. The minimum atomic E-state index is -0.977. The molecule has 0 radical (unpaired) electrons. The summed E-state index contributed by atoms with van der Waals surface area (Å²) in [4.78, 5) is 50.6. The zero-order valence-corrected chi connectivity index (χ0v) is 13.5. The van der Waals surface area contributed by atoms with E-state index in [0.29, 0.717) is 35.9 Å². The first-order chi connectivity index (χ1) is 11.5. The second kappa shape index (κ2) is 7.69. The summed E-state index contributed by atoms with van der Waals surface area (Å²) in [6.07, 6.45) is 0.597. The number of likely N-dealkylation sites (N-methyl/N-ethyl adjacent to an activating group) is 1. The van der Waals surface area contributed by atoms with Gasteiger partial charge in [-0.15, -0.1) is 0 Å². The summed E-state index contributed by atoms with van der Waals surface area (Å²) >= 11 is 0. The number of amides is 5. The minimum absolute atomic E-state index is 0.347. The number of carbonyl (C=O) groups is 4. The van der Waals surface area contributed by atoms with Crippen molar-refractivity contribution in [2.75, 3.05) is 26.7 Å². The first kappa shape index (κ1) is 17.6. The zero-order chi connectivity index (χ0) is 17.7. The monoisotopic (exact) mass is 332 g/mol. The standard InChI is InChI=1S/C16H20N4O4/c1-18-14(22)15(23)20(16(18)24)11-13(21)19(9-5-8-17)10-12-6-3-2-4-7-12/h2-4,6-7H,5,8-11,17H2,1H3. The van der Waals surface area contributed by atoms with E-state index in [1.54, 1.807) is 0 Å². The van der Waals surface area contributed by atoms with E-state index >= 15 is 0 Å². The highest BCUT2D eigenvalue weighted by atomic mass is 16.2. The van der Waals surface area contributed by atoms with Crippen molar-refractivity contribution in [3.8, 4) is 0 Å². The summed E-state index contributed by atoms with van der Waals surface area (Å²) < 4.78 is 0. The Hall–Kier alpha value is -2.74. The first-order valence-electron chi connectivity index (χ1n) is 7.61. The van der Waals surface area contributed by atoms with Crippen molar-refractivity contribution in [2.24, 2.45) is 5.73 Å². The van der Waals surface area contributed by atoms with Crippen LogP contribution < -0.4 is 5.73 Å². The molecule has 1 heterocycles. The molecule has 0 bridgehead atoms. The fourth-order valence-corrected chi connectivity index (χ4v) is 2.37. The van der Waals surface area contributed by atoms with Crippen LogP contribution in [-0.2, 0) is 20.9 Å². The summed E-state index contributed by atoms with van der Waals surface area (Å²) in [5.74, 6) is -2.31. The molecule has 8 heteroatoms. The smallest absolute Gasteiger partial charge is 0.334 e. The molecule has 128 valence electrons. The quantitative estimate of drug-likeness (QED) is 0.549. The Labute approximate surface area is 139 Å². The molecule has 24 heavy (non-hydrogen) atoms. The highest BCUT2D eigenvalue weighted by molar-refractivity contribution is 6.44. The molecule has 5 amide bonds. The predicted octanol–water partition coefficient (Wildman–Crippen LogP) is -0.215. The van der Waals surface area contributed by atoms with Crippen molar-refractivity contribution in [2.45, 2.75) is 13.0 Å². The fourth-order valence-electron chi connectivity index (χ4n) is 2.37. The van der Waals surface area contributed by atoms with Gasteiger partial charge in [0.1, 0.15) is 6.54 Å². The Kier molecular flexibility index (Phi) is 5.64. The molecule has 0 aliphatic carbocycles. The van der Waals surface area contributed by atoms with Gasteiger partial charge in [0, 0.05) is 20.1 Å². The van der Waals surface area contributed by atoms with Gasteiger partial charge in [-0.3, -0.25) is 19.3 Å². The second-order valence-corrected chi connectivity index (χ2v) is 5.48. The molecular weight excluding hydrogens is 312 g/mol. The summed E-state index contributed by atoms with van der Waals surface area (Å²) in [5.41, 5.74) is 6.43. The molecule has 1 aromatic rings. The Balaban J connectivity index is 2.08. The summed E-state index contributed by atoms with van der Waals surface area (Å²) in [7, 11) is 1.21. The molecule has 8 nitrogen and oxygen atoms in total. The van der Waals surface area contributed by atoms with Crippen LogP contribution in [0.25, 0.3) is 0 Å². The highest BCUT2D eigenvalue weighted by Crippen LogP contribution is 2.12. The van der Waals surface area contributed by atoms with Gasteiger partial charge in [0.15, 0.2) is 0 Å². The molecule has 2 N–H and O–H groups in total. The van der Waals surface area contributed by atoms with E-state index in [2.05, 4.69) is 0 Å². The van der Waals surface area contributed by atoms with Crippen molar-refractivity contribution in [1.82, 2.24) is 14.7 Å². The third kappa shape index (κ3) is 3.77. The van der Waals surface area contributed by atoms with E-state index in [0.717, 1.165) is 5.56 Å². The van der Waals surface area contributed by atoms with Crippen LogP contribution >= 0.6 is 0 Å². The van der Waals surface area contributed by atoms with E-state index in [1.165, 1.54) is 11.9 Å². The number of nitrogens with zero attached hydrogens (tertiary/aromatic N) is 3. The number of hydrogen-bond acceptors (Lipinski definition) is 5. The maximum Gasteiger partial charge on any atom is 0.334 e. The third-order valence-electron chi connectivity index (χ3n) is 3.75. The average Bonchev–Trinajstić information content (AvgIpc) is 2.77. The molecule has 0 spiro atoms. The Bertz CT molecular complexity index is 647. The number of hydrogen-bond donors (Lipinski definition) is 1. The van der Waals surface area contributed by atoms with Gasteiger partial charge in [-0.1, -0.05) is 30.3 Å². The normalized spacial score (nSPS) is 14.5. The van der Waals surface area contributed by atoms with Crippen LogP contribution in [-0.4, -0.2) is 65.1 Å². The SMILES string of the molecule is CN1C(=O)C(=O)N(CC(=O)N(CCCN)Cc2ccccc2)C1=O. The molecule has 1 aliphatic rings. The molecular formula is C16H20N4O4. The van der Waals surface area contributed by atoms with Crippen molar-refractivity contribution in [1.29, 1.82) is 0 Å².